The van der Waals surface area contributed by atoms with E-state index in [9.17, 15) is 4.79 Å². The lowest BCUT2D eigenvalue weighted by Crippen LogP contribution is -2.25. The zero-order valence-electron chi connectivity index (χ0n) is 13.3. The molecule has 0 radical (unpaired) electrons. The second kappa shape index (κ2) is 8.90. The molecule has 0 aromatic heterocycles. The van der Waals surface area contributed by atoms with Gasteiger partial charge in [-0.1, -0.05) is 24.9 Å². The number of anilines is 1. The summed E-state index contributed by atoms with van der Waals surface area (Å²) in [5, 5.41) is 3.52. The van der Waals surface area contributed by atoms with Gasteiger partial charge in [0.2, 0.25) is 5.91 Å². The van der Waals surface area contributed by atoms with Crippen molar-refractivity contribution in [3.8, 4) is 5.75 Å². The number of hydrogen-bond acceptors (Lipinski definition) is 3. The van der Waals surface area contributed by atoms with Gasteiger partial charge in [0.25, 0.3) is 0 Å². The molecular formula is C16H25ClN2O2. The maximum atomic E-state index is 12.0. The molecule has 0 atom stereocenters. The molecule has 1 rings (SSSR count). The number of ether oxygens (including phenoxy) is 1. The smallest absolute Gasteiger partial charge is 0.225 e. The monoisotopic (exact) mass is 312 g/mol. The number of rotatable bonds is 8. The van der Waals surface area contributed by atoms with Gasteiger partial charge in [-0.15, -0.1) is 0 Å². The van der Waals surface area contributed by atoms with Crippen molar-refractivity contribution in [2.24, 2.45) is 0 Å². The number of benzene rings is 1. The molecule has 0 aliphatic carbocycles. The largest absolute Gasteiger partial charge is 0.495 e. The zero-order chi connectivity index (χ0) is 15.8. The maximum Gasteiger partial charge on any atom is 0.225 e. The normalized spacial score (nSPS) is 10.8. The van der Waals surface area contributed by atoms with Crippen molar-refractivity contribution in [1.29, 1.82) is 0 Å². The van der Waals surface area contributed by atoms with Crippen LogP contribution in [-0.2, 0) is 4.79 Å². The quantitative estimate of drug-likeness (QED) is 0.795. The fourth-order valence-electron chi connectivity index (χ4n) is 1.97. The average molecular weight is 313 g/mol. The van der Waals surface area contributed by atoms with E-state index in [0.717, 1.165) is 31.5 Å². The number of halogens is 1. The van der Waals surface area contributed by atoms with Crippen LogP contribution in [0.3, 0.4) is 0 Å². The number of carbonyl (C=O) groups is 1. The highest BCUT2D eigenvalue weighted by Gasteiger charge is 2.11. The van der Waals surface area contributed by atoms with Gasteiger partial charge in [-0.2, -0.15) is 0 Å². The van der Waals surface area contributed by atoms with Crippen LogP contribution < -0.4 is 10.1 Å². The molecule has 0 saturated heterocycles. The molecule has 0 heterocycles. The van der Waals surface area contributed by atoms with Gasteiger partial charge in [0.15, 0.2) is 0 Å². The summed E-state index contributed by atoms with van der Waals surface area (Å²) in [6.45, 7) is 5.83. The summed E-state index contributed by atoms with van der Waals surface area (Å²) >= 11 is 6.05. The molecule has 118 valence electrons. The number of hydrogen-bond donors (Lipinski definition) is 1. The predicted octanol–water partition coefficient (Wildman–Crippen LogP) is 3.72. The summed E-state index contributed by atoms with van der Waals surface area (Å²) in [7, 11) is 3.60. The maximum absolute atomic E-state index is 12.0. The predicted molar refractivity (Wildman–Crippen MR) is 88.4 cm³/mol. The first kappa shape index (κ1) is 17.8. The Morgan fingerprint density at radius 3 is 2.71 bits per heavy atom. The fourth-order valence-corrected chi connectivity index (χ4v) is 2.13. The number of aryl methyl sites for hydroxylation is 1. The highest BCUT2D eigenvalue weighted by molar-refractivity contribution is 6.31. The second-order valence-corrected chi connectivity index (χ2v) is 5.66. The third kappa shape index (κ3) is 5.94. The molecule has 0 spiro atoms. The van der Waals surface area contributed by atoms with Crippen molar-refractivity contribution in [3.63, 3.8) is 0 Å². The fraction of sp³-hybridized carbons (Fsp3) is 0.562. The summed E-state index contributed by atoms with van der Waals surface area (Å²) in [6.07, 6.45) is 2.78. The first-order chi connectivity index (χ1) is 9.97. The first-order valence-corrected chi connectivity index (χ1v) is 7.68. The molecule has 5 heteroatoms. The van der Waals surface area contributed by atoms with Crippen LogP contribution >= 0.6 is 11.6 Å². The molecule has 1 aromatic carbocycles. The summed E-state index contributed by atoms with van der Waals surface area (Å²) in [5.74, 6) is 0.566. The molecule has 0 bridgehead atoms. The van der Waals surface area contributed by atoms with Crippen molar-refractivity contribution in [2.75, 3.05) is 32.6 Å². The van der Waals surface area contributed by atoms with Crippen molar-refractivity contribution < 1.29 is 9.53 Å². The Morgan fingerprint density at radius 2 is 2.10 bits per heavy atom. The SMILES string of the molecule is CCCCN(C)CCC(=O)Nc1cc(C)c(Cl)cc1OC. The van der Waals surface area contributed by atoms with Gasteiger partial charge in [0.1, 0.15) is 5.75 Å². The van der Waals surface area contributed by atoms with Crippen LogP contribution in [0.15, 0.2) is 12.1 Å². The molecule has 4 nitrogen and oxygen atoms in total. The lowest BCUT2D eigenvalue weighted by atomic mass is 10.2. The van der Waals surface area contributed by atoms with E-state index in [4.69, 9.17) is 16.3 Å². The summed E-state index contributed by atoms with van der Waals surface area (Å²) in [6, 6.07) is 3.56. The minimum absolute atomic E-state index is 0.0154. The topological polar surface area (TPSA) is 41.6 Å². The average Bonchev–Trinajstić information content (AvgIpc) is 2.46. The minimum atomic E-state index is -0.0154. The van der Waals surface area contributed by atoms with Crippen molar-refractivity contribution in [2.45, 2.75) is 33.1 Å². The van der Waals surface area contributed by atoms with Gasteiger partial charge in [0.05, 0.1) is 12.8 Å². The number of methoxy groups -OCH3 is 1. The molecule has 21 heavy (non-hydrogen) atoms. The highest BCUT2D eigenvalue weighted by Crippen LogP contribution is 2.30. The minimum Gasteiger partial charge on any atom is -0.495 e. The Hall–Kier alpha value is -1.26. The van der Waals surface area contributed by atoms with Crippen LogP contribution in [0.5, 0.6) is 5.75 Å². The van der Waals surface area contributed by atoms with Crippen LogP contribution in [0.1, 0.15) is 31.7 Å². The lowest BCUT2D eigenvalue weighted by molar-refractivity contribution is -0.116. The van der Waals surface area contributed by atoms with Gasteiger partial charge in [-0.3, -0.25) is 4.79 Å². The molecule has 0 saturated carbocycles. The van der Waals surface area contributed by atoms with Crippen LogP contribution in [0.25, 0.3) is 0 Å². The third-order valence-corrected chi connectivity index (χ3v) is 3.78. The Labute approximate surface area is 132 Å². The van der Waals surface area contributed by atoms with Gasteiger partial charge in [-0.05, 0) is 38.6 Å². The molecule has 0 aliphatic heterocycles. The number of nitrogens with zero attached hydrogens (tertiary/aromatic N) is 1. The van der Waals surface area contributed by atoms with Crippen LogP contribution in [0.4, 0.5) is 5.69 Å². The first-order valence-electron chi connectivity index (χ1n) is 7.30. The van der Waals surface area contributed by atoms with E-state index in [2.05, 4.69) is 17.1 Å². The molecule has 0 unspecified atom stereocenters. The number of unbranched alkanes of at least 4 members (excludes halogenated alkanes) is 1. The van der Waals surface area contributed by atoms with Crippen LogP contribution in [0.2, 0.25) is 5.02 Å². The molecule has 1 aromatic rings. The lowest BCUT2D eigenvalue weighted by Gasteiger charge is -2.16. The third-order valence-electron chi connectivity index (χ3n) is 3.37. The summed E-state index contributed by atoms with van der Waals surface area (Å²) in [4.78, 5) is 14.2. The summed E-state index contributed by atoms with van der Waals surface area (Å²) < 4.78 is 5.25. The molecule has 0 aliphatic rings. The van der Waals surface area contributed by atoms with Crippen molar-refractivity contribution in [3.05, 3.63) is 22.7 Å². The Kier molecular flexibility index (Phi) is 7.54. The molecule has 1 N–H and O–H groups in total. The van der Waals surface area contributed by atoms with Gasteiger partial charge in [-0.25, -0.2) is 0 Å². The van der Waals surface area contributed by atoms with Crippen molar-refractivity contribution >= 4 is 23.2 Å². The van der Waals surface area contributed by atoms with Gasteiger partial charge < -0.3 is 15.0 Å². The number of carbonyl (C=O) groups excluding carboxylic acids is 1. The van der Waals surface area contributed by atoms with E-state index in [0.29, 0.717) is 22.9 Å². The second-order valence-electron chi connectivity index (χ2n) is 5.26. The molecular weight excluding hydrogens is 288 g/mol. The highest BCUT2D eigenvalue weighted by atomic mass is 35.5. The Balaban J connectivity index is 2.57. The molecule has 1 amide bonds. The van der Waals surface area contributed by atoms with Gasteiger partial charge in [0, 0.05) is 24.1 Å². The van der Waals surface area contributed by atoms with E-state index < -0.39 is 0 Å². The van der Waals surface area contributed by atoms with E-state index >= 15 is 0 Å². The summed E-state index contributed by atoms with van der Waals surface area (Å²) in [5.41, 5.74) is 1.58. The Morgan fingerprint density at radius 1 is 1.38 bits per heavy atom. The van der Waals surface area contributed by atoms with E-state index in [1.807, 2.05) is 20.0 Å². The van der Waals surface area contributed by atoms with E-state index in [-0.39, 0.29) is 5.91 Å². The van der Waals surface area contributed by atoms with Crippen LogP contribution in [-0.4, -0.2) is 38.1 Å². The Bertz CT molecular complexity index is 478. The van der Waals surface area contributed by atoms with Crippen molar-refractivity contribution in [1.82, 2.24) is 4.90 Å². The number of nitrogens with one attached hydrogen (secondary N) is 1. The van der Waals surface area contributed by atoms with Crippen LogP contribution in [0, 0.1) is 6.92 Å². The number of amides is 1. The molecule has 0 fully saturated rings. The van der Waals surface area contributed by atoms with Gasteiger partial charge >= 0.3 is 0 Å². The standard InChI is InChI=1S/C16H25ClN2O2/c1-5-6-8-19(3)9-7-16(20)18-14-10-12(2)13(17)11-15(14)21-4/h10-11H,5-9H2,1-4H3,(H,18,20). The zero-order valence-corrected chi connectivity index (χ0v) is 14.1. The van der Waals surface area contributed by atoms with E-state index in [1.165, 1.54) is 0 Å². The van der Waals surface area contributed by atoms with E-state index in [1.54, 1.807) is 13.2 Å².